The zero-order valence-corrected chi connectivity index (χ0v) is 15.0. The molecule has 1 aliphatic carbocycles. The number of piperidine rings is 1. The van der Waals surface area contributed by atoms with Gasteiger partial charge in [-0.1, -0.05) is 5.92 Å². The monoisotopic (exact) mass is 337 g/mol. The lowest BCUT2D eigenvalue weighted by molar-refractivity contribution is -0.148. The van der Waals surface area contributed by atoms with Gasteiger partial charge in [0, 0.05) is 24.9 Å². The highest BCUT2D eigenvalue weighted by Crippen LogP contribution is 2.44. The second kappa shape index (κ2) is 6.48. The third-order valence-corrected chi connectivity index (χ3v) is 5.42. The molecule has 1 saturated heterocycles. The number of carbonyl (C=O) groups is 3. The van der Waals surface area contributed by atoms with Crippen molar-refractivity contribution in [3.8, 4) is 11.8 Å². The topological polar surface area (TPSA) is 63.2 Å². The van der Waals surface area contributed by atoms with Crippen LogP contribution in [0, 0.1) is 31.1 Å². The van der Waals surface area contributed by atoms with Crippen molar-refractivity contribution >= 4 is 17.5 Å². The van der Waals surface area contributed by atoms with Crippen LogP contribution < -0.4 is 5.32 Å². The first kappa shape index (κ1) is 17.4. The van der Waals surface area contributed by atoms with Gasteiger partial charge < -0.3 is 5.32 Å². The molecule has 1 spiro atoms. The fourth-order valence-electron chi connectivity index (χ4n) is 4.35. The zero-order chi connectivity index (χ0) is 18.2. The predicted octanol–water partition coefficient (Wildman–Crippen LogP) is 2.59. The molecule has 1 aromatic carbocycles. The minimum Gasteiger partial charge on any atom is -0.356 e. The first-order chi connectivity index (χ1) is 11.9. The lowest BCUT2D eigenvalue weighted by Gasteiger charge is -2.40. The van der Waals surface area contributed by atoms with Crippen molar-refractivity contribution in [2.75, 3.05) is 6.54 Å². The molecule has 0 aromatic heterocycles. The number of carbonyl (C=O) groups excluding carboxylic acids is 3. The maximum absolute atomic E-state index is 12.9. The van der Waals surface area contributed by atoms with E-state index in [4.69, 9.17) is 0 Å². The summed E-state index contributed by atoms with van der Waals surface area (Å²) in [4.78, 5) is 38.1. The zero-order valence-electron chi connectivity index (χ0n) is 15.0. The molecule has 2 fully saturated rings. The van der Waals surface area contributed by atoms with Gasteiger partial charge in [-0.2, -0.15) is 0 Å². The molecule has 0 atom stereocenters. The van der Waals surface area contributed by atoms with Gasteiger partial charge in [0.05, 0.1) is 5.41 Å². The molecule has 1 saturated carbocycles. The van der Waals surface area contributed by atoms with Gasteiger partial charge >= 0.3 is 0 Å². The van der Waals surface area contributed by atoms with Crippen LogP contribution in [0.3, 0.4) is 0 Å². The minimum atomic E-state index is -0.821. The molecule has 130 valence electrons. The van der Waals surface area contributed by atoms with Crippen LogP contribution in [0.1, 0.15) is 60.8 Å². The van der Waals surface area contributed by atoms with E-state index in [-0.39, 0.29) is 30.3 Å². The van der Waals surface area contributed by atoms with Crippen molar-refractivity contribution in [2.24, 2.45) is 5.41 Å². The Morgan fingerprint density at radius 2 is 1.68 bits per heavy atom. The van der Waals surface area contributed by atoms with E-state index in [0.717, 1.165) is 28.7 Å². The van der Waals surface area contributed by atoms with E-state index < -0.39 is 11.3 Å². The van der Waals surface area contributed by atoms with E-state index >= 15 is 0 Å². The normalized spacial score (nSPS) is 26.2. The number of rotatable bonds is 1. The molecule has 1 heterocycles. The molecular formula is C21H23NO3. The third kappa shape index (κ3) is 3.00. The summed E-state index contributed by atoms with van der Waals surface area (Å²) in [6.45, 7) is 6.24. The molecule has 1 aromatic rings. The van der Waals surface area contributed by atoms with Gasteiger partial charge in [-0.3, -0.25) is 14.4 Å². The number of Topliss-reactive ketones (excluding diaryl/α,β-unsaturated/α-hetero) is 2. The average molecular weight is 337 g/mol. The van der Waals surface area contributed by atoms with Crippen LogP contribution in [0.25, 0.3) is 0 Å². The first-order valence-corrected chi connectivity index (χ1v) is 8.75. The van der Waals surface area contributed by atoms with Crippen LogP contribution in [0.4, 0.5) is 0 Å². The third-order valence-electron chi connectivity index (χ3n) is 5.42. The van der Waals surface area contributed by atoms with E-state index in [1.165, 1.54) is 0 Å². The van der Waals surface area contributed by atoms with Gasteiger partial charge in [0.1, 0.15) is 17.5 Å². The second-order valence-corrected chi connectivity index (χ2v) is 7.26. The summed E-state index contributed by atoms with van der Waals surface area (Å²) >= 11 is 0. The Kier molecular flexibility index (Phi) is 4.51. The summed E-state index contributed by atoms with van der Waals surface area (Å²) in [6.07, 6.45) is 1.75. The van der Waals surface area contributed by atoms with Gasteiger partial charge in [0.2, 0.25) is 5.91 Å². The molecule has 2 aliphatic rings. The Morgan fingerprint density at radius 3 is 2.20 bits per heavy atom. The largest absolute Gasteiger partial charge is 0.356 e. The van der Waals surface area contributed by atoms with Gasteiger partial charge in [0.25, 0.3) is 0 Å². The van der Waals surface area contributed by atoms with Crippen molar-refractivity contribution in [3.63, 3.8) is 0 Å². The smallest absolute Gasteiger partial charge is 0.227 e. The summed E-state index contributed by atoms with van der Waals surface area (Å²) in [5.41, 5.74) is 2.68. The van der Waals surface area contributed by atoms with Crippen LogP contribution in [-0.4, -0.2) is 24.0 Å². The first-order valence-electron chi connectivity index (χ1n) is 8.75. The molecule has 0 radical (unpaired) electrons. The fraction of sp³-hybridized carbons (Fsp3) is 0.476. The van der Waals surface area contributed by atoms with Crippen molar-refractivity contribution in [2.45, 2.75) is 52.4 Å². The predicted molar refractivity (Wildman–Crippen MR) is 95.1 cm³/mol. The molecular weight excluding hydrogens is 314 g/mol. The Labute approximate surface area is 148 Å². The van der Waals surface area contributed by atoms with Crippen LogP contribution in [-0.2, 0) is 14.4 Å². The molecule has 1 aliphatic heterocycles. The highest BCUT2D eigenvalue weighted by molar-refractivity contribution is 6.13. The SMILES string of the molecule is CC#Cc1cc(C)c(C2C(=O)CC3(CCCNC3=O)CC2=O)c(C)c1. The number of ketones is 2. The highest BCUT2D eigenvalue weighted by Gasteiger charge is 2.51. The minimum absolute atomic E-state index is 0.131. The number of amides is 1. The summed E-state index contributed by atoms with van der Waals surface area (Å²) in [6, 6.07) is 3.86. The molecule has 4 nitrogen and oxygen atoms in total. The summed E-state index contributed by atoms with van der Waals surface area (Å²) in [5.74, 6) is 4.75. The molecule has 1 amide bonds. The van der Waals surface area contributed by atoms with Crippen molar-refractivity contribution in [1.29, 1.82) is 0 Å². The van der Waals surface area contributed by atoms with E-state index in [9.17, 15) is 14.4 Å². The maximum Gasteiger partial charge on any atom is 0.227 e. The van der Waals surface area contributed by atoms with E-state index in [1.807, 2.05) is 26.0 Å². The average Bonchev–Trinajstić information content (AvgIpc) is 2.53. The van der Waals surface area contributed by atoms with E-state index in [1.54, 1.807) is 6.92 Å². The Morgan fingerprint density at radius 1 is 1.08 bits per heavy atom. The molecule has 0 bridgehead atoms. The van der Waals surface area contributed by atoms with Crippen molar-refractivity contribution in [1.82, 2.24) is 5.32 Å². The summed E-state index contributed by atoms with van der Waals surface area (Å²) in [7, 11) is 0. The fourth-order valence-corrected chi connectivity index (χ4v) is 4.35. The lowest BCUT2D eigenvalue weighted by Crippen LogP contribution is -2.52. The molecule has 4 heteroatoms. The lowest BCUT2D eigenvalue weighted by atomic mass is 9.63. The Hall–Kier alpha value is -2.41. The van der Waals surface area contributed by atoms with Gasteiger partial charge in [-0.05, 0) is 62.4 Å². The standard InChI is InChI=1S/C21H23NO3/c1-4-6-15-9-13(2)18(14(3)10-15)19-16(23)11-21(12-17(19)24)7-5-8-22-20(21)25/h9-10,19H,5,7-8,11-12H2,1-3H3,(H,22,25). The number of aryl methyl sites for hydroxylation is 2. The van der Waals surface area contributed by atoms with Crippen LogP contribution >= 0.6 is 0 Å². The maximum atomic E-state index is 12.9. The number of nitrogens with one attached hydrogen (secondary N) is 1. The van der Waals surface area contributed by atoms with Crippen molar-refractivity contribution < 1.29 is 14.4 Å². The van der Waals surface area contributed by atoms with Crippen LogP contribution in [0.5, 0.6) is 0 Å². The van der Waals surface area contributed by atoms with Gasteiger partial charge in [-0.15, -0.1) is 5.92 Å². The van der Waals surface area contributed by atoms with Crippen molar-refractivity contribution in [3.05, 3.63) is 34.4 Å². The molecule has 0 unspecified atom stereocenters. The summed E-state index contributed by atoms with van der Waals surface area (Å²) < 4.78 is 0. The van der Waals surface area contributed by atoms with E-state index in [0.29, 0.717) is 13.0 Å². The number of benzene rings is 1. The Balaban J connectivity index is 1.97. The highest BCUT2D eigenvalue weighted by atomic mass is 16.2. The van der Waals surface area contributed by atoms with Crippen LogP contribution in [0.15, 0.2) is 12.1 Å². The summed E-state index contributed by atoms with van der Waals surface area (Å²) in [5, 5.41) is 2.82. The number of hydrogen-bond donors (Lipinski definition) is 1. The molecule has 25 heavy (non-hydrogen) atoms. The number of hydrogen-bond acceptors (Lipinski definition) is 3. The van der Waals surface area contributed by atoms with Crippen LogP contribution in [0.2, 0.25) is 0 Å². The van der Waals surface area contributed by atoms with E-state index in [2.05, 4.69) is 17.2 Å². The molecule has 1 N–H and O–H groups in total. The quantitative estimate of drug-likeness (QED) is 0.633. The second-order valence-electron chi connectivity index (χ2n) is 7.26. The molecule has 3 rings (SSSR count). The van der Waals surface area contributed by atoms with Gasteiger partial charge in [-0.25, -0.2) is 0 Å². The van der Waals surface area contributed by atoms with Gasteiger partial charge in [0.15, 0.2) is 0 Å². The Bertz CT molecular complexity index is 784.